The van der Waals surface area contributed by atoms with E-state index in [1.54, 1.807) is 6.07 Å². The van der Waals surface area contributed by atoms with Gasteiger partial charge in [0, 0.05) is 24.7 Å². The summed E-state index contributed by atoms with van der Waals surface area (Å²) in [5.41, 5.74) is 0.403. The molecule has 3 nitrogen and oxygen atoms in total. The fourth-order valence-electron chi connectivity index (χ4n) is 1.74. The number of hydrogen-bond acceptors (Lipinski definition) is 3. The minimum atomic E-state index is -0.574. The van der Waals surface area contributed by atoms with Crippen molar-refractivity contribution in [1.82, 2.24) is 4.98 Å². The maximum absolute atomic E-state index is 13.5. The van der Waals surface area contributed by atoms with Crippen molar-refractivity contribution in [3.63, 3.8) is 0 Å². The minimum absolute atomic E-state index is 0.260. The lowest BCUT2D eigenvalue weighted by atomic mass is 10.2. The van der Waals surface area contributed by atoms with Crippen LogP contribution < -0.4 is 10.6 Å². The van der Waals surface area contributed by atoms with Gasteiger partial charge in [-0.3, -0.25) is 0 Å². The number of anilines is 2. The molecule has 2 aromatic rings. The molecule has 0 aliphatic heterocycles. The van der Waals surface area contributed by atoms with Gasteiger partial charge in [0.05, 0.1) is 0 Å². The predicted molar refractivity (Wildman–Crippen MR) is 76.7 cm³/mol. The molecule has 0 spiro atoms. The standard InChI is InChI=1S/C15H17F2N3/c1-2-8-18-14-4-3-5-15(20-14)19-10-11-6-7-12(16)9-13(11)17/h3-7,9H,2,8,10H2,1H3,(H2,18,19,20). The zero-order valence-electron chi connectivity index (χ0n) is 11.3. The van der Waals surface area contributed by atoms with Crippen molar-refractivity contribution in [3.8, 4) is 0 Å². The van der Waals surface area contributed by atoms with Gasteiger partial charge in [-0.15, -0.1) is 0 Å². The minimum Gasteiger partial charge on any atom is -0.370 e. The summed E-state index contributed by atoms with van der Waals surface area (Å²) in [6.07, 6.45) is 1.01. The highest BCUT2D eigenvalue weighted by Gasteiger charge is 2.04. The number of pyridine rings is 1. The molecule has 0 atom stereocenters. The lowest BCUT2D eigenvalue weighted by Gasteiger charge is -2.09. The van der Waals surface area contributed by atoms with E-state index in [2.05, 4.69) is 22.5 Å². The number of nitrogens with one attached hydrogen (secondary N) is 2. The van der Waals surface area contributed by atoms with Gasteiger partial charge >= 0.3 is 0 Å². The van der Waals surface area contributed by atoms with Crippen LogP contribution in [0.5, 0.6) is 0 Å². The normalized spacial score (nSPS) is 10.3. The molecule has 1 aromatic carbocycles. The summed E-state index contributed by atoms with van der Waals surface area (Å²) in [5, 5.41) is 6.20. The summed E-state index contributed by atoms with van der Waals surface area (Å²) in [6.45, 7) is 3.19. The molecular formula is C15H17F2N3. The molecule has 0 saturated heterocycles. The Morgan fingerprint density at radius 2 is 1.80 bits per heavy atom. The van der Waals surface area contributed by atoms with Crippen LogP contribution in [-0.2, 0) is 6.54 Å². The second-order valence-corrected chi connectivity index (χ2v) is 4.42. The number of rotatable bonds is 6. The molecule has 0 amide bonds. The van der Waals surface area contributed by atoms with Crippen LogP contribution in [-0.4, -0.2) is 11.5 Å². The van der Waals surface area contributed by atoms with Crippen LogP contribution in [0.4, 0.5) is 20.4 Å². The van der Waals surface area contributed by atoms with E-state index in [4.69, 9.17) is 0 Å². The Bertz CT molecular complexity index is 573. The number of benzene rings is 1. The third kappa shape index (κ3) is 3.91. The molecule has 0 aliphatic carbocycles. The topological polar surface area (TPSA) is 37.0 Å². The second-order valence-electron chi connectivity index (χ2n) is 4.42. The fraction of sp³-hybridized carbons (Fsp3) is 0.267. The molecular weight excluding hydrogens is 260 g/mol. The van der Waals surface area contributed by atoms with Gasteiger partial charge in [-0.2, -0.15) is 0 Å². The van der Waals surface area contributed by atoms with Crippen LogP contribution in [0.1, 0.15) is 18.9 Å². The van der Waals surface area contributed by atoms with E-state index in [9.17, 15) is 8.78 Å². The highest BCUT2D eigenvalue weighted by Crippen LogP contribution is 2.13. The summed E-state index contributed by atoms with van der Waals surface area (Å²) in [7, 11) is 0. The average Bonchev–Trinajstić information content (AvgIpc) is 2.45. The molecule has 0 saturated carbocycles. The van der Waals surface area contributed by atoms with E-state index in [0.717, 1.165) is 24.8 Å². The quantitative estimate of drug-likeness (QED) is 0.843. The Kier molecular flexibility index (Phi) is 4.87. The smallest absolute Gasteiger partial charge is 0.131 e. The molecule has 0 radical (unpaired) electrons. The number of hydrogen-bond donors (Lipinski definition) is 2. The Morgan fingerprint density at radius 3 is 2.50 bits per heavy atom. The predicted octanol–water partition coefficient (Wildman–Crippen LogP) is 3.79. The number of aromatic nitrogens is 1. The first-order chi connectivity index (χ1) is 9.69. The maximum Gasteiger partial charge on any atom is 0.131 e. The van der Waals surface area contributed by atoms with E-state index in [0.29, 0.717) is 11.4 Å². The van der Waals surface area contributed by atoms with Crippen molar-refractivity contribution in [2.24, 2.45) is 0 Å². The van der Waals surface area contributed by atoms with Crippen molar-refractivity contribution in [1.29, 1.82) is 0 Å². The summed E-state index contributed by atoms with van der Waals surface area (Å²) in [5.74, 6) is 0.291. The first kappa shape index (κ1) is 14.2. The molecule has 2 rings (SSSR count). The fourth-order valence-corrected chi connectivity index (χ4v) is 1.74. The molecule has 0 bridgehead atoms. The first-order valence-electron chi connectivity index (χ1n) is 6.57. The third-order valence-corrected chi connectivity index (χ3v) is 2.78. The molecule has 20 heavy (non-hydrogen) atoms. The van der Waals surface area contributed by atoms with Crippen LogP contribution in [0.3, 0.4) is 0 Å². The van der Waals surface area contributed by atoms with Crippen LogP contribution in [0.25, 0.3) is 0 Å². The van der Waals surface area contributed by atoms with Gasteiger partial charge in [0.15, 0.2) is 0 Å². The zero-order chi connectivity index (χ0) is 14.4. The molecule has 1 aromatic heterocycles. The van der Waals surface area contributed by atoms with Crippen molar-refractivity contribution in [3.05, 3.63) is 53.6 Å². The number of nitrogens with zero attached hydrogens (tertiary/aromatic N) is 1. The van der Waals surface area contributed by atoms with Crippen LogP contribution >= 0.6 is 0 Å². The highest BCUT2D eigenvalue weighted by atomic mass is 19.1. The van der Waals surface area contributed by atoms with Crippen LogP contribution in [0.2, 0.25) is 0 Å². The summed E-state index contributed by atoms with van der Waals surface area (Å²) < 4.78 is 26.3. The maximum atomic E-state index is 13.5. The van der Waals surface area contributed by atoms with E-state index < -0.39 is 11.6 Å². The van der Waals surface area contributed by atoms with Crippen molar-refractivity contribution in [2.75, 3.05) is 17.2 Å². The summed E-state index contributed by atoms with van der Waals surface area (Å²) in [4.78, 5) is 4.35. The van der Waals surface area contributed by atoms with E-state index in [1.165, 1.54) is 12.1 Å². The second kappa shape index (κ2) is 6.84. The molecule has 0 aliphatic rings. The van der Waals surface area contributed by atoms with Gasteiger partial charge in [-0.05, 0) is 24.6 Å². The van der Waals surface area contributed by atoms with Gasteiger partial charge in [-0.25, -0.2) is 13.8 Å². The van der Waals surface area contributed by atoms with Crippen molar-refractivity contribution in [2.45, 2.75) is 19.9 Å². The average molecular weight is 277 g/mol. The molecule has 106 valence electrons. The van der Waals surface area contributed by atoms with Crippen molar-refractivity contribution < 1.29 is 8.78 Å². The summed E-state index contributed by atoms with van der Waals surface area (Å²) >= 11 is 0. The largest absolute Gasteiger partial charge is 0.370 e. The third-order valence-electron chi connectivity index (χ3n) is 2.78. The lowest BCUT2D eigenvalue weighted by Crippen LogP contribution is -2.06. The van der Waals surface area contributed by atoms with E-state index in [-0.39, 0.29) is 6.54 Å². The first-order valence-corrected chi connectivity index (χ1v) is 6.57. The zero-order valence-corrected chi connectivity index (χ0v) is 11.3. The SMILES string of the molecule is CCCNc1cccc(NCc2ccc(F)cc2F)n1. The molecule has 1 heterocycles. The Morgan fingerprint density at radius 1 is 1.05 bits per heavy atom. The molecule has 2 N–H and O–H groups in total. The lowest BCUT2D eigenvalue weighted by molar-refractivity contribution is 0.574. The Labute approximate surface area is 117 Å². The molecule has 0 unspecified atom stereocenters. The summed E-state index contributed by atoms with van der Waals surface area (Å²) in [6, 6.07) is 9.10. The van der Waals surface area contributed by atoms with Gasteiger partial charge in [0.25, 0.3) is 0 Å². The number of halogens is 2. The van der Waals surface area contributed by atoms with E-state index in [1.807, 2.05) is 12.1 Å². The Balaban J connectivity index is 1.99. The Hall–Kier alpha value is -2.17. The molecule has 5 heteroatoms. The van der Waals surface area contributed by atoms with Gasteiger partial charge in [0.2, 0.25) is 0 Å². The highest BCUT2D eigenvalue weighted by molar-refractivity contribution is 5.45. The monoisotopic (exact) mass is 277 g/mol. The van der Waals surface area contributed by atoms with Crippen LogP contribution in [0, 0.1) is 11.6 Å². The van der Waals surface area contributed by atoms with Gasteiger partial charge < -0.3 is 10.6 Å². The van der Waals surface area contributed by atoms with E-state index >= 15 is 0 Å². The van der Waals surface area contributed by atoms with Gasteiger partial charge in [0.1, 0.15) is 23.3 Å². The van der Waals surface area contributed by atoms with Gasteiger partial charge in [-0.1, -0.05) is 19.1 Å². The van der Waals surface area contributed by atoms with Crippen LogP contribution in [0.15, 0.2) is 36.4 Å². The molecule has 0 fully saturated rings. The van der Waals surface area contributed by atoms with Crippen molar-refractivity contribution >= 4 is 11.6 Å².